The van der Waals surface area contributed by atoms with E-state index < -0.39 is 17.9 Å². The van der Waals surface area contributed by atoms with Crippen LogP contribution in [0.15, 0.2) is 36.4 Å². The molecule has 1 aliphatic rings. The molecule has 0 saturated carbocycles. The number of hydrogen-bond donors (Lipinski definition) is 1. The molecule has 0 fully saturated rings. The van der Waals surface area contributed by atoms with Crippen LogP contribution in [-0.2, 0) is 4.74 Å². The Kier molecular flexibility index (Phi) is 4.77. The highest BCUT2D eigenvalue weighted by molar-refractivity contribution is 6.14. The summed E-state index contributed by atoms with van der Waals surface area (Å²) < 4.78 is 10.1. The van der Waals surface area contributed by atoms with Gasteiger partial charge in [0, 0.05) is 12.9 Å². The van der Waals surface area contributed by atoms with Crippen molar-refractivity contribution in [3.8, 4) is 11.5 Å². The molecule has 140 valence electrons. The van der Waals surface area contributed by atoms with Crippen LogP contribution in [0.3, 0.4) is 0 Å². The number of fused-ring (bicyclic) bond motifs is 1. The number of hydrogen-bond acceptors (Lipinski definition) is 6. The summed E-state index contributed by atoms with van der Waals surface area (Å²) in [5.41, 5.74) is 0.188. The number of aromatic carboxylic acids is 1. The van der Waals surface area contributed by atoms with Gasteiger partial charge in [0.15, 0.2) is 5.78 Å². The van der Waals surface area contributed by atoms with Crippen molar-refractivity contribution in [3.63, 3.8) is 0 Å². The Labute approximate surface area is 156 Å². The van der Waals surface area contributed by atoms with Crippen molar-refractivity contribution in [1.82, 2.24) is 0 Å². The second-order valence-corrected chi connectivity index (χ2v) is 6.17. The maximum atomic E-state index is 12.4. The molecule has 1 N–H and O–H groups in total. The van der Waals surface area contributed by atoms with Crippen molar-refractivity contribution in [2.75, 3.05) is 0 Å². The normalized spacial score (nSPS) is 13.7. The lowest BCUT2D eigenvalue weighted by atomic mass is 9.93. The van der Waals surface area contributed by atoms with Crippen LogP contribution in [-0.4, -0.2) is 28.8 Å². The zero-order valence-electron chi connectivity index (χ0n) is 14.6. The number of benzene rings is 2. The maximum Gasteiger partial charge on any atom is 0.347 e. The van der Waals surface area contributed by atoms with Gasteiger partial charge in [0.25, 0.3) is 0 Å². The topological polar surface area (TPSA) is 107 Å². The zero-order valence-corrected chi connectivity index (χ0v) is 14.6. The quantitative estimate of drug-likeness (QED) is 0.466. The van der Waals surface area contributed by atoms with Gasteiger partial charge in [0.1, 0.15) is 11.5 Å². The molecule has 2 aromatic rings. The standard InChI is InChI=1S/C20H16O7.H2/c1-3-10(2)17(21)13-6-4-11(8-15(13)18(22)23)26-12-5-7-14-16(9-12)20(25)27-19(14)24;/h4-10H,3H2,1-2H3,(H,22,23);1H. The van der Waals surface area contributed by atoms with Gasteiger partial charge in [-0.15, -0.1) is 0 Å². The number of ether oxygens (including phenoxy) is 2. The van der Waals surface area contributed by atoms with Gasteiger partial charge in [-0.25, -0.2) is 14.4 Å². The summed E-state index contributed by atoms with van der Waals surface area (Å²) in [7, 11) is 0. The van der Waals surface area contributed by atoms with Crippen molar-refractivity contribution in [3.05, 3.63) is 58.7 Å². The fourth-order valence-corrected chi connectivity index (χ4v) is 2.69. The van der Waals surface area contributed by atoms with Crippen LogP contribution in [0, 0.1) is 5.92 Å². The summed E-state index contributed by atoms with van der Waals surface area (Å²) in [4.78, 5) is 47.0. The van der Waals surface area contributed by atoms with Crippen molar-refractivity contribution in [2.24, 2.45) is 5.92 Å². The van der Waals surface area contributed by atoms with E-state index in [1.54, 1.807) is 6.92 Å². The molecule has 0 bridgehead atoms. The van der Waals surface area contributed by atoms with Crippen LogP contribution in [0.4, 0.5) is 0 Å². The van der Waals surface area contributed by atoms with Crippen molar-refractivity contribution < 1.29 is 35.2 Å². The molecule has 0 aromatic heterocycles. The summed E-state index contributed by atoms with van der Waals surface area (Å²) in [6.45, 7) is 3.59. The number of carboxylic acids is 1. The lowest BCUT2D eigenvalue weighted by Gasteiger charge is -2.12. The first-order valence-corrected chi connectivity index (χ1v) is 8.31. The highest BCUT2D eigenvalue weighted by Crippen LogP contribution is 2.29. The second kappa shape index (κ2) is 7.03. The molecule has 1 unspecified atom stereocenters. The van der Waals surface area contributed by atoms with Crippen molar-refractivity contribution in [2.45, 2.75) is 20.3 Å². The van der Waals surface area contributed by atoms with Gasteiger partial charge in [0.2, 0.25) is 0 Å². The Balaban J connectivity index is 0.00000280. The molecule has 0 amide bonds. The largest absolute Gasteiger partial charge is 0.478 e. The van der Waals surface area contributed by atoms with Crippen LogP contribution in [0.5, 0.6) is 11.5 Å². The SMILES string of the molecule is CCC(C)C(=O)c1ccc(Oc2ccc3c(c2)C(=O)OC3=O)cc1C(=O)O.[HH]. The van der Waals surface area contributed by atoms with Crippen LogP contribution < -0.4 is 4.74 Å². The minimum atomic E-state index is -1.24. The lowest BCUT2D eigenvalue weighted by Crippen LogP contribution is -2.15. The number of carboxylic acid groups (broad SMARTS) is 1. The first-order chi connectivity index (χ1) is 12.8. The Morgan fingerprint density at radius 3 is 2.33 bits per heavy atom. The molecular formula is C20H18O7. The number of Topliss-reactive ketones (excluding diaryl/α,β-unsaturated/α-hetero) is 1. The Morgan fingerprint density at radius 2 is 1.67 bits per heavy atom. The number of carbonyl (C=O) groups excluding carboxylic acids is 3. The minimum absolute atomic E-state index is 0. The maximum absolute atomic E-state index is 12.4. The number of esters is 2. The van der Waals surface area contributed by atoms with E-state index >= 15 is 0 Å². The molecule has 1 aliphatic heterocycles. The van der Waals surface area contributed by atoms with Crippen molar-refractivity contribution in [1.29, 1.82) is 0 Å². The van der Waals surface area contributed by atoms with E-state index in [0.29, 0.717) is 6.42 Å². The molecular weight excluding hydrogens is 352 g/mol. The molecule has 0 saturated heterocycles. The molecule has 7 heteroatoms. The molecule has 27 heavy (non-hydrogen) atoms. The number of rotatable bonds is 6. The highest BCUT2D eigenvalue weighted by Gasteiger charge is 2.30. The smallest absolute Gasteiger partial charge is 0.347 e. The molecule has 2 aromatic carbocycles. The summed E-state index contributed by atoms with van der Waals surface area (Å²) in [6.07, 6.45) is 0.597. The van der Waals surface area contributed by atoms with E-state index in [2.05, 4.69) is 4.74 Å². The van der Waals surface area contributed by atoms with E-state index in [-0.39, 0.29) is 46.9 Å². The first-order valence-electron chi connectivity index (χ1n) is 8.31. The predicted molar refractivity (Wildman–Crippen MR) is 95.6 cm³/mol. The predicted octanol–water partition coefficient (Wildman–Crippen LogP) is 3.96. The molecule has 7 nitrogen and oxygen atoms in total. The third-order valence-electron chi connectivity index (χ3n) is 4.40. The first kappa shape index (κ1) is 18.3. The van der Waals surface area contributed by atoms with Gasteiger partial charge < -0.3 is 14.6 Å². The molecule has 0 spiro atoms. The minimum Gasteiger partial charge on any atom is -0.478 e. The van der Waals surface area contributed by atoms with Gasteiger partial charge >= 0.3 is 17.9 Å². The van der Waals surface area contributed by atoms with E-state index in [4.69, 9.17) is 4.74 Å². The molecule has 1 atom stereocenters. The Morgan fingerprint density at radius 1 is 1.04 bits per heavy atom. The van der Waals surface area contributed by atoms with Crippen molar-refractivity contribution >= 4 is 23.7 Å². The number of cyclic esters (lactones) is 2. The average Bonchev–Trinajstić information content (AvgIpc) is 2.94. The summed E-state index contributed by atoms with van der Waals surface area (Å²) in [5.74, 6) is -2.85. The Bertz CT molecular complexity index is 981. The summed E-state index contributed by atoms with van der Waals surface area (Å²) in [5, 5.41) is 9.44. The molecule has 0 aliphatic carbocycles. The van der Waals surface area contributed by atoms with E-state index in [0.717, 1.165) is 0 Å². The van der Waals surface area contributed by atoms with Gasteiger partial charge in [-0.3, -0.25) is 4.79 Å². The van der Waals surface area contributed by atoms with Gasteiger partial charge in [-0.05, 0) is 42.8 Å². The van der Waals surface area contributed by atoms with E-state index in [1.807, 2.05) is 6.92 Å². The van der Waals surface area contributed by atoms with Gasteiger partial charge in [-0.1, -0.05) is 13.8 Å². The second-order valence-electron chi connectivity index (χ2n) is 6.17. The van der Waals surface area contributed by atoms with Crippen LogP contribution in [0.1, 0.15) is 63.1 Å². The Hall–Kier alpha value is -3.48. The third-order valence-corrected chi connectivity index (χ3v) is 4.40. The fraction of sp³-hybridized carbons (Fsp3) is 0.200. The molecule has 0 radical (unpaired) electrons. The highest BCUT2D eigenvalue weighted by atomic mass is 16.6. The molecule has 3 rings (SSSR count). The molecule has 1 heterocycles. The van der Waals surface area contributed by atoms with E-state index in [9.17, 15) is 24.3 Å². The van der Waals surface area contributed by atoms with Crippen LogP contribution in [0.2, 0.25) is 0 Å². The summed E-state index contributed by atoms with van der Waals surface area (Å²) in [6, 6.07) is 8.38. The van der Waals surface area contributed by atoms with Crippen LogP contribution in [0.25, 0.3) is 0 Å². The van der Waals surface area contributed by atoms with Gasteiger partial charge in [0.05, 0.1) is 16.7 Å². The summed E-state index contributed by atoms with van der Waals surface area (Å²) >= 11 is 0. The third kappa shape index (κ3) is 3.44. The van der Waals surface area contributed by atoms with E-state index in [1.165, 1.54) is 36.4 Å². The fourth-order valence-electron chi connectivity index (χ4n) is 2.69. The lowest BCUT2D eigenvalue weighted by molar-refractivity contribution is 0.0442. The number of ketones is 1. The zero-order chi connectivity index (χ0) is 19.7. The number of carbonyl (C=O) groups is 4. The monoisotopic (exact) mass is 370 g/mol. The van der Waals surface area contributed by atoms with Gasteiger partial charge in [-0.2, -0.15) is 0 Å². The van der Waals surface area contributed by atoms with Crippen LogP contribution >= 0.6 is 0 Å². The average molecular weight is 370 g/mol.